The number of sulfonamides is 1. The van der Waals surface area contributed by atoms with Gasteiger partial charge < -0.3 is 0 Å². The number of aryl methyl sites for hydroxylation is 1. The number of hydrogen-bond donors (Lipinski definition) is 0. The first-order valence-electron chi connectivity index (χ1n) is 8.60. The Hall–Kier alpha value is -2.74. The molecule has 0 radical (unpaired) electrons. The van der Waals surface area contributed by atoms with E-state index in [1.807, 2.05) is 6.92 Å². The highest BCUT2D eigenvalue weighted by Gasteiger charge is 2.45. The Labute approximate surface area is 157 Å². The van der Waals surface area contributed by atoms with Crippen LogP contribution < -0.4 is 0 Å². The fourth-order valence-electron chi connectivity index (χ4n) is 3.45. The predicted octanol–water partition coefficient (Wildman–Crippen LogP) is 2.59. The molecule has 1 fully saturated rings. The van der Waals surface area contributed by atoms with Crippen LogP contribution in [0.1, 0.15) is 23.5 Å². The lowest BCUT2D eigenvalue weighted by atomic mass is 9.85. The fraction of sp³-hybridized carbons (Fsp3) is 0.316. The van der Waals surface area contributed by atoms with Crippen LogP contribution >= 0.6 is 0 Å². The van der Waals surface area contributed by atoms with Gasteiger partial charge in [0.2, 0.25) is 12.5 Å². The summed E-state index contributed by atoms with van der Waals surface area (Å²) in [6.07, 6.45) is 0.261. The van der Waals surface area contributed by atoms with E-state index in [0.717, 1.165) is 9.87 Å². The lowest BCUT2D eigenvalue weighted by molar-refractivity contribution is -0.484. The van der Waals surface area contributed by atoms with E-state index in [4.69, 9.17) is 0 Å². The second-order valence-corrected chi connectivity index (χ2v) is 8.52. The molecule has 0 spiro atoms. The zero-order valence-electron chi connectivity index (χ0n) is 14.8. The molecule has 0 saturated carbocycles. The maximum absolute atomic E-state index is 12.9. The molecule has 1 saturated heterocycles. The number of benzene rings is 2. The Morgan fingerprint density at radius 1 is 1.15 bits per heavy atom. The second kappa shape index (κ2) is 7.48. The van der Waals surface area contributed by atoms with Crippen LogP contribution in [-0.4, -0.2) is 36.6 Å². The topological polar surface area (TPSA) is 97.6 Å². The van der Waals surface area contributed by atoms with Gasteiger partial charge in [0.05, 0.1) is 16.7 Å². The molecule has 27 heavy (non-hydrogen) atoms. The van der Waals surface area contributed by atoms with Crippen LogP contribution in [0.2, 0.25) is 0 Å². The third kappa shape index (κ3) is 3.85. The van der Waals surface area contributed by atoms with Crippen molar-refractivity contribution in [3.8, 4) is 0 Å². The average molecular weight is 388 g/mol. The van der Waals surface area contributed by atoms with Crippen LogP contribution in [0.3, 0.4) is 0 Å². The molecule has 3 rings (SSSR count). The van der Waals surface area contributed by atoms with Gasteiger partial charge in [0, 0.05) is 11.5 Å². The minimum atomic E-state index is -3.97. The summed E-state index contributed by atoms with van der Waals surface area (Å²) >= 11 is 0. The van der Waals surface area contributed by atoms with E-state index < -0.39 is 39.2 Å². The van der Waals surface area contributed by atoms with E-state index in [-0.39, 0.29) is 17.9 Å². The van der Waals surface area contributed by atoms with E-state index in [2.05, 4.69) is 0 Å². The van der Waals surface area contributed by atoms with Crippen molar-refractivity contribution in [1.82, 2.24) is 4.31 Å². The van der Waals surface area contributed by atoms with E-state index in [1.54, 1.807) is 42.5 Å². The molecule has 1 aliphatic heterocycles. The van der Waals surface area contributed by atoms with Gasteiger partial charge in [0.15, 0.2) is 0 Å². The predicted molar refractivity (Wildman–Crippen MR) is 99.2 cm³/mol. The van der Waals surface area contributed by atoms with E-state index in [0.29, 0.717) is 5.56 Å². The molecule has 2 atom stereocenters. The minimum absolute atomic E-state index is 0.0285. The van der Waals surface area contributed by atoms with Crippen molar-refractivity contribution in [3.05, 3.63) is 75.8 Å². The highest BCUT2D eigenvalue weighted by atomic mass is 32.2. The highest BCUT2D eigenvalue weighted by molar-refractivity contribution is 7.89. The third-order valence-electron chi connectivity index (χ3n) is 4.87. The number of nitrogens with zero attached hydrogens (tertiary/aromatic N) is 2. The van der Waals surface area contributed by atoms with Gasteiger partial charge in [-0.1, -0.05) is 48.0 Å². The summed E-state index contributed by atoms with van der Waals surface area (Å²) in [4.78, 5) is 23.6. The lowest BCUT2D eigenvalue weighted by Crippen LogP contribution is -2.36. The van der Waals surface area contributed by atoms with Crippen molar-refractivity contribution in [2.24, 2.45) is 5.92 Å². The summed E-state index contributed by atoms with van der Waals surface area (Å²) in [5, 5.41) is 11.1. The third-order valence-corrected chi connectivity index (χ3v) is 6.69. The zero-order valence-corrected chi connectivity index (χ0v) is 15.6. The van der Waals surface area contributed by atoms with Crippen LogP contribution in [0.15, 0.2) is 59.5 Å². The normalized spacial score (nSPS) is 18.5. The summed E-state index contributed by atoms with van der Waals surface area (Å²) in [5.41, 5.74) is 1.58. The van der Waals surface area contributed by atoms with Crippen molar-refractivity contribution in [3.63, 3.8) is 0 Å². The van der Waals surface area contributed by atoms with Gasteiger partial charge in [-0.3, -0.25) is 14.9 Å². The molecule has 8 heteroatoms. The molecule has 2 aromatic carbocycles. The number of hydrogen-bond acceptors (Lipinski definition) is 5. The summed E-state index contributed by atoms with van der Waals surface area (Å²) in [7, 11) is -3.97. The van der Waals surface area contributed by atoms with E-state index in [9.17, 15) is 23.3 Å². The molecule has 142 valence electrons. The Balaban J connectivity index is 1.90. The molecule has 1 heterocycles. The number of carbonyl (C=O) groups is 1. The largest absolute Gasteiger partial charge is 0.273 e. The van der Waals surface area contributed by atoms with Gasteiger partial charge in [-0.05, 0) is 31.0 Å². The number of amides is 1. The summed E-state index contributed by atoms with van der Waals surface area (Å²) < 4.78 is 26.6. The quantitative estimate of drug-likeness (QED) is 0.560. The molecule has 2 aromatic rings. The molecule has 1 aliphatic rings. The van der Waals surface area contributed by atoms with Gasteiger partial charge >= 0.3 is 0 Å². The Bertz CT molecular complexity index is 942. The SMILES string of the molecule is Cc1ccc(S(=O)(=O)N2CC[C@H]([C@H](C[N+](=O)[O-])c3ccccc3)C2=O)cc1. The molecular formula is C19H20N2O5S. The van der Waals surface area contributed by atoms with Crippen molar-refractivity contribution in [1.29, 1.82) is 0 Å². The Kier molecular flexibility index (Phi) is 5.27. The molecule has 0 aliphatic carbocycles. The Morgan fingerprint density at radius 3 is 2.37 bits per heavy atom. The highest BCUT2D eigenvalue weighted by Crippen LogP contribution is 2.35. The minimum Gasteiger partial charge on any atom is -0.273 e. The molecule has 0 unspecified atom stereocenters. The second-order valence-electron chi connectivity index (χ2n) is 6.66. The molecule has 7 nitrogen and oxygen atoms in total. The van der Waals surface area contributed by atoms with Gasteiger partial charge in [0.1, 0.15) is 0 Å². The number of rotatable bonds is 6. The molecule has 0 N–H and O–H groups in total. The van der Waals surface area contributed by atoms with Crippen LogP contribution in [0.4, 0.5) is 0 Å². The van der Waals surface area contributed by atoms with Crippen LogP contribution in [-0.2, 0) is 14.8 Å². The number of carbonyl (C=O) groups excluding carboxylic acids is 1. The molecule has 0 bridgehead atoms. The maximum Gasteiger partial charge on any atom is 0.266 e. The molecular weight excluding hydrogens is 368 g/mol. The van der Waals surface area contributed by atoms with E-state index in [1.165, 1.54) is 12.1 Å². The smallest absolute Gasteiger partial charge is 0.266 e. The zero-order chi connectivity index (χ0) is 19.6. The van der Waals surface area contributed by atoms with Gasteiger partial charge in [-0.15, -0.1) is 0 Å². The summed E-state index contributed by atoms with van der Waals surface area (Å²) in [5.74, 6) is -1.98. The van der Waals surface area contributed by atoms with Gasteiger partial charge in [-0.2, -0.15) is 0 Å². The average Bonchev–Trinajstić information content (AvgIpc) is 3.02. The standard InChI is InChI=1S/C19H20N2O5S/c1-14-7-9-16(10-8-14)27(25,26)20-12-11-17(19(20)22)18(13-21(23)24)15-5-3-2-4-6-15/h2-10,17-18H,11-13H2,1H3/t17-,18-/m1/s1. The summed E-state index contributed by atoms with van der Waals surface area (Å²) in [6.45, 7) is 1.45. The van der Waals surface area contributed by atoms with Crippen molar-refractivity contribution in [2.45, 2.75) is 24.2 Å². The van der Waals surface area contributed by atoms with Crippen molar-refractivity contribution in [2.75, 3.05) is 13.1 Å². The van der Waals surface area contributed by atoms with Gasteiger partial charge in [0.25, 0.3) is 10.0 Å². The van der Waals surface area contributed by atoms with Crippen LogP contribution in [0.25, 0.3) is 0 Å². The van der Waals surface area contributed by atoms with Gasteiger partial charge in [-0.25, -0.2) is 12.7 Å². The Morgan fingerprint density at radius 2 is 1.78 bits per heavy atom. The molecule has 1 amide bonds. The fourth-order valence-corrected chi connectivity index (χ4v) is 4.90. The first-order valence-corrected chi connectivity index (χ1v) is 10.0. The van der Waals surface area contributed by atoms with Crippen LogP contribution in [0.5, 0.6) is 0 Å². The van der Waals surface area contributed by atoms with Crippen molar-refractivity contribution < 1.29 is 18.1 Å². The van der Waals surface area contributed by atoms with E-state index >= 15 is 0 Å². The first-order chi connectivity index (χ1) is 12.8. The maximum atomic E-state index is 12.9. The number of nitro groups is 1. The first kappa shape index (κ1) is 19.0. The molecule has 0 aromatic heterocycles. The monoisotopic (exact) mass is 388 g/mol. The van der Waals surface area contributed by atoms with Crippen LogP contribution in [0, 0.1) is 23.0 Å². The summed E-state index contributed by atoms with van der Waals surface area (Å²) in [6, 6.07) is 15.0. The van der Waals surface area contributed by atoms with Crippen molar-refractivity contribution >= 4 is 15.9 Å². The lowest BCUT2D eigenvalue weighted by Gasteiger charge is -2.21.